The summed E-state index contributed by atoms with van der Waals surface area (Å²) < 4.78 is 27.6. The van der Waals surface area contributed by atoms with Crippen LogP contribution in [0.5, 0.6) is 0 Å². The molecular weight excluding hydrogens is 388 g/mol. The first-order valence-electron chi connectivity index (χ1n) is 8.24. The van der Waals surface area contributed by atoms with Crippen LogP contribution in [-0.4, -0.2) is 42.3 Å². The Balaban J connectivity index is 2.00. The highest BCUT2D eigenvalue weighted by molar-refractivity contribution is 7.89. The molecule has 142 valence electrons. The number of fused-ring (bicyclic) bond motifs is 1. The molecule has 27 heavy (non-hydrogen) atoms. The van der Waals surface area contributed by atoms with Gasteiger partial charge in [0.25, 0.3) is 5.91 Å². The molecule has 0 saturated heterocycles. The minimum atomic E-state index is -3.68. The molecule has 0 atom stereocenters. The zero-order valence-electron chi connectivity index (χ0n) is 15.1. The number of aryl methyl sites for hydroxylation is 1. The van der Waals surface area contributed by atoms with Crippen LogP contribution in [-0.2, 0) is 16.6 Å². The number of carbonyl (C=O) groups excluding carboxylic acids is 1. The molecule has 0 fully saturated rings. The summed E-state index contributed by atoms with van der Waals surface area (Å²) in [5.74, 6) is -0.151. The third kappa shape index (κ3) is 3.55. The third-order valence-corrected chi connectivity index (χ3v) is 6.30. The second-order valence-corrected chi connectivity index (χ2v) is 8.61. The number of halogens is 1. The van der Waals surface area contributed by atoms with Gasteiger partial charge in [-0.25, -0.2) is 17.7 Å². The highest BCUT2D eigenvalue weighted by Gasteiger charge is 2.22. The third-order valence-electron chi connectivity index (χ3n) is 4.16. The Morgan fingerprint density at radius 3 is 2.59 bits per heavy atom. The van der Waals surface area contributed by atoms with Crippen molar-refractivity contribution in [3.8, 4) is 0 Å². The molecule has 0 saturated carbocycles. The Morgan fingerprint density at radius 2 is 1.93 bits per heavy atom. The van der Waals surface area contributed by atoms with Crippen molar-refractivity contribution in [1.82, 2.24) is 13.9 Å². The number of imidazole rings is 1. The van der Waals surface area contributed by atoms with Gasteiger partial charge < -0.3 is 4.57 Å². The fourth-order valence-electron chi connectivity index (χ4n) is 2.71. The second kappa shape index (κ2) is 7.30. The van der Waals surface area contributed by atoms with Crippen LogP contribution in [0.3, 0.4) is 0 Å². The Hall–Kier alpha value is -2.42. The summed E-state index contributed by atoms with van der Waals surface area (Å²) in [6.07, 6.45) is 0. The van der Waals surface area contributed by atoms with Gasteiger partial charge in [-0.15, -0.1) is 0 Å². The van der Waals surface area contributed by atoms with E-state index in [0.717, 1.165) is 15.3 Å². The molecule has 0 aliphatic rings. The Kier molecular flexibility index (Phi) is 5.23. The molecule has 3 aromatic rings. The van der Waals surface area contributed by atoms with Gasteiger partial charge in [0, 0.05) is 20.6 Å². The first kappa shape index (κ1) is 19.3. The number of hydrogen-bond acceptors (Lipinski definition) is 4. The molecule has 1 aromatic heterocycles. The maximum Gasteiger partial charge on any atom is 0.259 e. The fourth-order valence-corrected chi connectivity index (χ4v) is 3.84. The average molecular weight is 407 g/mol. The molecule has 0 aliphatic carbocycles. The van der Waals surface area contributed by atoms with E-state index in [1.54, 1.807) is 0 Å². The standard InChI is InChI=1S/C18H19ClN4O3S/c1-4-23-16-8-6-5-7-15(16)20-18(23)21-17(24)13-11-12(9-10-14(13)19)27(25,26)22(2)3/h5-11H,4H2,1-3H3,(H,20,21,24). The van der Waals surface area contributed by atoms with Gasteiger partial charge in [0.05, 0.1) is 26.5 Å². The summed E-state index contributed by atoms with van der Waals surface area (Å²) >= 11 is 6.14. The van der Waals surface area contributed by atoms with E-state index in [1.807, 2.05) is 35.8 Å². The SMILES string of the molecule is CCn1c(NC(=O)c2cc(S(=O)(=O)N(C)C)ccc2Cl)nc2ccccc21. The number of sulfonamides is 1. The monoisotopic (exact) mass is 406 g/mol. The average Bonchev–Trinajstić information content (AvgIpc) is 2.98. The van der Waals surface area contributed by atoms with Crippen LogP contribution in [0.2, 0.25) is 5.02 Å². The molecule has 0 unspecified atom stereocenters. The number of nitrogens with one attached hydrogen (secondary N) is 1. The number of benzene rings is 2. The zero-order chi connectivity index (χ0) is 19.8. The second-order valence-electron chi connectivity index (χ2n) is 6.05. The van der Waals surface area contributed by atoms with Crippen molar-refractivity contribution < 1.29 is 13.2 Å². The normalized spacial score (nSPS) is 11.9. The summed E-state index contributed by atoms with van der Waals surface area (Å²) in [5, 5.41) is 2.89. The van der Waals surface area contributed by atoms with Gasteiger partial charge in [0.15, 0.2) is 0 Å². The van der Waals surface area contributed by atoms with Crippen LogP contribution in [0.4, 0.5) is 5.95 Å². The van der Waals surface area contributed by atoms with Gasteiger partial charge in [0.2, 0.25) is 16.0 Å². The first-order chi connectivity index (χ1) is 12.8. The Bertz CT molecular complexity index is 1120. The van der Waals surface area contributed by atoms with Crippen molar-refractivity contribution in [2.24, 2.45) is 0 Å². The van der Waals surface area contributed by atoms with Crippen LogP contribution >= 0.6 is 11.6 Å². The van der Waals surface area contributed by atoms with Crippen LogP contribution in [0.25, 0.3) is 11.0 Å². The molecule has 0 aliphatic heterocycles. The molecule has 1 heterocycles. The van der Waals surface area contributed by atoms with Crippen molar-refractivity contribution in [3.05, 3.63) is 53.1 Å². The van der Waals surface area contributed by atoms with Gasteiger partial charge in [-0.3, -0.25) is 10.1 Å². The molecule has 7 nitrogen and oxygen atoms in total. The predicted octanol–water partition coefficient (Wildman–Crippen LogP) is 3.21. The molecule has 9 heteroatoms. The number of amides is 1. The van der Waals surface area contributed by atoms with Crippen molar-refractivity contribution in [3.63, 3.8) is 0 Å². The van der Waals surface area contributed by atoms with E-state index < -0.39 is 15.9 Å². The van der Waals surface area contributed by atoms with Crippen LogP contribution in [0.1, 0.15) is 17.3 Å². The topological polar surface area (TPSA) is 84.3 Å². The highest BCUT2D eigenvalue weighted by atomic mass is 35.5. The van der Waals surface area contributed by atoms with E-state index in [9.17, 15) is 13.2 Å². The molecule has 0 radical (unpaired) electrons. The Morgan fingerprint density at radius 1 is 1.22 bits per heavy atom. The van der Waals surface area contributed by atoms with Crippen molar-refractivity contribution >= 4 is 44.5 Å². The highest BCUT2D eigenvalue weighted by Crippen LogP contribution is 2.24. The predicted molar refractivity (Wildman–Crippen MR) is 106 cm³/mol. The lowest BCUT2D eigenvalue weighted by Gasteiger charge is -2.13. The van der Waals surface area contributed by atoms with E-state index in [0.29, 0.717) is 12.5 Å². The molecule has 1 amide bonds. The minimum Gasteiger partial charge on any atom is -0.310 e. The van der Waals surface area contributed by atoms with Crippen LogP contribution < -0.4 is 5.32 Å². The van der Waals surface area contributed by atoms with Crippen LogP contribution in [0, 0.1) is 0 Å². The van der Waals surface area contributed by atoms with E-state index >= 15 is 0 Å². The molecule has 0 spiro atoms. The lowest BCUT2D eigenvalue weighted by molar-refractivity contribution is 0.102. The lowest BCUT2D eigenvalue weighted by Crippen LogP contribution is -2.23. The zero-order valence-corrected chi connectivity index (χ0v) is 16.7. The number of aromatic nitrogens is 2. The largest absolute Gasteiger partial charge is 0.310 e. The van der Waals surface area contributed by atoms with E-state index in [-0.39, 0.29) is 15.5 Å². The van der Waals surface area contributed by atoms with Gasteiger partial charge in [-0.2, -0.15) is 0 Å². The van der Waals surface area contributed by atoms with Gasteiger partial charge in [-0.1, -0.05) is 23.7 Å². The number of hydrogen-bond donors (Lipinski definition) is 1. The van der Waals surface area contributed by atoms with Crippen molar-refractivity contribution in [2.45, 2.75) is 18.4 Å². The molecule has 2 aromatic carbocycles. The Labute approximate surface area is 162 Å². The first-order valence-corrected chi connectivity index (χ1v) is 10.1. The quantitative estimate of drug-likeness (QED) is 0.705. The van der Waals surface area contributed by atoms with Gasteiger partial charge >= 0.3 is 0 Å². The van der Waals surface area contributed by atoms with E-state index in [1.165, 1.54) is 32.3 Å². The van der Waals surface area contributed by atoms with Crippen molar-refractivity contribution in [2.75, 3.05) is 19.4 Å². The summed E-state index contributed by atoms with van der Waals surface area (Å²) in [4.78, 5) is 17.2. The maximum atomic E-state index is 12.8. The molecule has 3 rings (SSSR count). The minimum absolute atomic E-state index is 0.00829. The summed E-state index contributed by atoms with van der Waals surface area (Å²) in [5.41, 5.74) is 1.71. The maximum absolute atomic E-state index is 12.8. The van der Waals surface area contributed by atoms with E-state index in [4.69, 9.17) is 11.6 Å². The fraction of sp³-hybridized carbons (Fsp3) is 0.222. The van der Waals surface area contributed by atoms with Gasteiger partial charge in [-0.05, 0) is 37.3 Å². The lowest BCUT2D eigenvalue weighted by atomic mass is 10.2. The van der Waals surface area contributed by atoms with Crippen LogP contribution in [0.15, 0.2) is 47.4 Å². The molecule has 1 N–H and O–H groups in total. The summed E-state index contributed by atoms with van der Waals surface area (Å²) in [6.45, 7) is 2.56. The number of nitrogens with zero attached hydrogens (tertiary/aromatic N) is 3. The molecule has 0 bridgehead atoms. The van der Waals surface area contributed by atoms with Gasteiger partial charge in [0.1, 0.15) is 0 Å². The summed E-state index contributed by atoms with van der Waals surface area (Å²) in [7, 11) is -0.834. The number of para-hydroxylation sites is 2. The smallest absolute Gasteiger partial charge is 0.259 e. The number of carbonyl (C=O) groups is 1. The summed E-state index contributed by atoms with van der Waals surface area (Å²) in [6, 6.07) is 11.6. The number of rotatable bonds is 5. The van der Waals surface area contributed by atoms with Crippen molar-refractivity contribution in [1.29, 1.82) is 0 Å². The number of anilines is 1. The van der Waals surface area contributed by atoms with E-state index in [2.05, 4.69) is 10.3 Å². The molecular formula is C18H19ClN4O3S.